The molecule has 1 aliphatic heterocycles. The number of amides is 2. The molecule has 4 heteroatoms. The Morgan fingerprint density at radius 2 is 1.83 bits per heavy atom. The summed E-state index contributed by atoms with van der Waals surface area (Å²) in [5, 5.41) is 2.85. The Morgan fingerprint density at radius 3 is 2.61 bits per heavy atom. The highest BCUT2D eigenvalue weighted by Crippen LogP contribution is 2.31. The largest absolute Gasteiger partial charge is 0.324 e. The van der Waals surface area contributed by atoms with Crippen LogP contribution in [0.3, 0.4) is 0 Å². The molecule has 0 unspecified atom stereocenters. The van der Waals surface area contributed by atoms with Gasteiger partial charge in [-0.25, -0.2) is 0 Å². The van der Waals surface area contributed by atoms with Crippen LogP contribution < -0.4 is 10.2 Å². The number of nitrogens with zero attached hydrogens (tertiary/aromatic N) is 1. The molecule has 3 rings (SSSR count). The Kier molecular flexibility index (Phi) is 4.24. The SMILES string of the molecule is C[C@H]1CC(=O)Nc2ccccc2N1C(=O)/C=C/c1ccccc1. The van der Waals surface area contributed by atoms with Gasteiger partial charge in [0, 0.05) is 18.5 Å². The maximum Gasteiger partial charge on any atom is 0.251 e. The normalized spacial score (nSPS) is 17.5. The Bertz CT molecular complexity index is 753. The Balaban J connectivity index is 1.92. The van der Waals surface area contributed by atoms with Gasteiger partial charge in [-0.3, -0.25) is 9.59 Å². The van der Waals surface area contributed by atoms with E-state index in [4.69, 9.17) is 0 Å². The second-order valence-corrected chi connectivity index (χ2v) is 5.57. The van der Waals surface area contributed by atoms with E-state index in [0.29, 0.717) is 5.69 Å². The van der Waals surface area contributed by atoms with Crippen LogP contribution in [0.4, 0.5) is 11.4 Å². The number of nitrogens with one attached hydrogen (secondary N) is 1. The zero-order chi connectivity index (χ0) is 16.2. The number of hydrogen-bond donors (Lipinski definition) is 1. The zero-order valence-corrected chi connectivity index (χ0v) is 12.9. The van der Waals surface area contributed by atoms with Crippen molar-refractivity contribution < 1.29 is 9.59 Å². The Hall–Kier alpha value is -2.88. The van der Waals surface area contributed by atoms with E-state index in [1.165, 1.54) is 0 Å². The van der Waals surface area contributed by atoms with Crippen LogP contribution in [0, 0.1) is 0 Å². The molecular formula is C19H18N2O2. The highest BCUT2D eigenvalue weighted by atomic mass is 16.2. The van der Waals surface area contributed by atoms with Gasteiger partial charge in [-0.1, -0.05) is 42.5 Å². The summed E-state index contributed by atoms with van der Waals surface area (Å²) in [4.78, 5) is 26.3. The molecule has 2 aromatic rings. The molecule has 1 atom stereocenters. The third-order valence-electron chi connectivity index (χ3n) is 3.81. The molecule has 0 aliphatic carbocycles. The van der Waals surface area contributed by atoms with Crippen molar-refractivity contribution >= 4 is 29.3 Å². The maximum absolute atomic E-state index is 12.7. The van der Waals surface area contributed by atoms with Crippen LogP contribution in [0.2, 0.25) is 0 Å². The van der Waals surface area contributed by atoms with E-state index in [0.717, 1.165) is 11.3 Å². The highest BCUT2D eigenvalue weighted by molar-refractivity contribution is 6.09. The second-order valence-electron chi connectivity index (χ2n) is 5.57. The predicted molar refractivity (Wildman–Crippen MR) is 92.1 cm³/mol. The minimum absolute atomic E-state index is 0.0766. The molecule has 4 nitrogen and oxygen atoms in total. The van der Waals surface area contributed by atoms with Gasteiger partial charge in [-0.15, -0.1) is 0 Å². The first-order valence-electron chi connectivity index (χ1n) is 7.60. The van der Waals surface area contributed by atoms with Crippen molar-refractivity contribution in [1.29, 1.82) is 0 Å². The van der Waals surface area contributed by atoms with Crippen LogP contribution in [0.5, 0.6) is 0 Å². The molecule has 0 bridgehead atoms. The molecule has 0 spiro atoms. The summed E-state index contributed by atoms with van der Waals surface area (Å²) >= 11 is 0. The van der Waals surface area contributed by atoms with Crippen molar-refractivity contribution in [1.82, 2.24) is 0 Å². The summed E-state index contributed by atoms with van der Waals surface area (Å²) < 4.78 is 0. The lowest BCUT2D eigenvalue weighted by molar-refractivity contribution is -0.116. The fraction of sp³-hybridized carbons (Fsp3) is 0.158. The summed E-state index contributed by atoms with van der Waals surface area (Å²) in [6.07, 6.45) is 3.62. The molecule has 2 aromatic carbocycles. The summed E-state index contributed by atoms with van der Waals surface area (Å²) in [5.41, 5.74) is 2.36. The minimum atomic E-state index is -0.202. The average molecular weight is 306 g/mol. The molecule has 116 valence electrons. The number of fused-ring (bicyclic) bond motifs is 1. The van der Waals surface area contributed by atoms with E-state index in [-0.39, 0.29) is 24.3 Å². The molecule has 1 aliphatic rings. The molecule has 2 amide bonds. The van der Waals surface area contributed by atoms with Gasteiger partial charge in [0.1, 0.15) is 0 Å². The van der Waals surface area contributed by atoms with Crippen molar-refractivity contribution in [3.8, 4) is 0 Å². The monoisotopic (exact) mass is 306 g/mol. The predicted octanol–water partition coefficient (Wildman–Crippen LogP) is 3.46. The fourth-order valence-corrected chi connectivity index (χ4v) is 2.74. The van der Waals surface area contributed by atoms with E-state index in [1.807, 2.05) is 61.5 Å². The number of para-hydroxylation sites is 2. The van der Waals surface area contributed by atoms with Crippen LogP contribution in [0.25, 0.3) is 6.08 Å². The fourth-order valence-electron chi connectivity index (χ4n) is 2.74. The first kappa shape index (κ1) is 15.0. The van der Waals surface area contributed by atoms with Gasteiger partial charge in [-0.2, -0.15) is 0 Å². The van der Waals surface area contributed by atoms with Gasteiger partial charge in [-0.05, 0) is 30.7 Å². The van der Waals surface area contributed by atoms with Crippen molar-refractivity contribution in [2.24, 2.45) is 0 Å². The van der Waals surface area contributed by atoms with E-state index >= 15 is 0 Å². The quantitative estimate of drug-likeness (QED) is 0.864. The van der Waals surface area contributed by atoms with E-state index in [9.17, 15) is 9.59 Å². The van der Waals surface area contributed by atoms with Crippen molar-refractivity contribution in [3.05, 3.63) is 66.2 Å². The van der Waals surface area contributed by atoms with Gasteiger partial charge in [0.05, 0.1) is 11.4 Å². The van der Waals surface area contributed by atoms with E-state index < -0.39 is 0 Å². The topological polar surface area (TPSA) is 49.4 Å². The smallest absolute Gasteiger partial charge is 0.251 e. The van der Waals surface area contributed by atoms with Crippen LogP contribution >= 0.6 is 0 Å². The number of carbonyl (C=O) groups is 2. The van der Waals surface area contributed by atoms with Gasteiger partial charge < -0.3 is 10.2 Å². The van der Waals surface area contributed by atoms with Crippen LogP contribution in [0.15, 0.2) is 60.7 Å². The molecule has 1 N–H and O–H groups in total. The van der Waals surface area contributed by atoms with Crippen molar-refractivity contribution in [3.63, 3.8) is 0 Å². The number of rotatable bonds is 2. The third kappa shape index (κ3) is 3.31. The van der Waals surface area contributed by atoms with Crippen LogP contribution in [-0.4, -0.2) is 17.9 Å². The summed E-state index contributed by atoms with van der Waals surface area (Å²) in [6.45, 7) is 1.88. The van der Waals surface area contributed by atoms with Gasteiger partial charge in [0.15, 0.2) is 0 Å². The first-order chi connectivity index (χ1) is 11.1. The molecule has 0 aromatic heterocycles. The molecule has 0 radical (unpaired) electrons. The van der Waals surface area contributed by atoms with Gasteiger partial charge in [0.2, 0.25) is 5.91 Å². The van der Waals surface area contributed by atoms with E-state index in [2.05, 4.69) is 5.32 Å². The molecule has 1 heterocycles. The average Bonchev–Trinajstić information content (AvgIpc) is 2.68. The Morgan fingerprint density at radius 1 is 1.13 bits per heavy atom. The third-order valence-corrected chi connectivity index (χ3v) is 3.81. The number of carbonyl (C=O) groups excluding carboxylic acids is 2. The van der Waals surface area contributed by atoms with Crippen molar-refractivity contribution in [2.75, 3.05) is 10.2 Å². The first-order valence-corrected chi connectivity index (χ1v) is 7.60. The minimum Gasteiger partial charge on any atom is -0.324 e. The van der Waals surface area contributed by atoms with E-state index in [1.54, 1.807) is 17.1 Å². The van der Waals surface area contributed by atoms with Crippen molar-refractivity contribution in [2.45, 2.75) is 19.4 Å². The second kappa shape index (κ2) is 6.48. The van der Waals surface area contributed by atoms with Crippen LogP contribution in [-0.2, 0) is 9.59 Å². The molecule has 23 heavy (non-hydrogen) atoms. The highest BCUT2D eigenvalue weighted by Gasteiger charge is 2.28. The lowest BCUT2D eigenvalue weighted by Crippen LogP contribution is -2.37. The lowest BCUT2D eigenvalue weighted by Gasteiger charge is -2.26. The van der Waals surface area contributed by atoms with Gasteiger partial charge in [0.25, 0.3) is 5.91 Å². The number of hydrogen-bond acceptors (Lipinski definition) is 2. The maximum atomic E-state index is 12.7. The standard InChI is InChI=1S/C19H18N2O2/c1-14-13-18(22)20-16-9-5-6-10-17(16)21(14)19(23)12-11-15-7-3-2-4-8-15/h2-12,14H,13H2,1H3,(H,20,22)/b12-11+/t14-/m0/s1. The molecule has 0 saturated carbocycles. The lowest BCUT2D eigenvalue weighted by atomic mass is 10.1. The summed E-state index contributed by atoms with van der Waals surface area (Å²) in [7, 11) is 0. The Labute approximate surface area is 135 Å². The summed E-state index contributed by atoms with van der Waals surface area (Å²) in [5.74, 6) is -0.211. The number of anilines is 2. The number of benzene rings is 2. The molecule has 0 saturated heterocycles. The summed E-state index contributed by atoms with van der Waals surface area (Å²) in [6, 6.07) is 16.8. The zero-order valence-electron chi connectivity index (χ0n) is 12.9. The molecular weight excluding hydrogens is 288 g/mol. The van der Waals surface area contributed by atoms with Gasteiger partial charge >= 0.3 is 0 Å². The van der Waals surface area contributed by atoms with Crippen LogP contribution in [0.1, 0.15) is 18.9 Å². The molecule has 0 fully saturated rings.